The predicted molar refractivity (Wildman–Crippen MR) is 118 cm³/mol. The summed E-state index contributed by atoms with van der Waals surface area (Å²) in [4.78, 5) is 39.0. The molecule has 1 N–H and O–H groups in total. The highest BCUT2D eigenvalue weighted by molar-refractivity contribution is 7.90. The standard InChI is InChI=1S/C22H24N2O7S/c1-5-31-19-11-14(9-10-18(19)30-3)17(12-32(4,28)29)24-21(26)15-7-6-8-16(23-13(2)25)20(15)22(24)27/h6-11,17H,5,12H2,1-4H3,(H,23,25)/i5D2,17D. The number of hydrogen-bond donors (Lipinski definition) is 1. The Morgan fingerprint density at radius 3 is 2.53 bits per heavy atom. The molecular weight excluding hydrogens is 436 g/mol. The molecule has 2 aromatic carbocycles. The summed E-state index contributed by atoms with van der Waals surface area (Å²) in [5.41, 5.74) is -0.331. The SMILES string of the molecule is [2H]C([2H])(C)Oc1cc(C([2H])(CS(C)(=O)=O)N2C(=O)c3cccc(NC(C)=O)c3C2=O)ccc1OC. The number of rotatable bonds is 8. The number of sulfone groups is 1. The van der Waals surface area contributed by atoms with Crippen LogP contribution in [0, 0.1) is 0 Å². The van der Waals surface area contributed by atoms with Crippen LogP contribution < -0.4 is 14.8 Å². The molecular formula is C22H24N2O7S. The Labute approximate surface area is 190 Å². The average Bonchev–Trinajstić information content (AvgIpc) is 2.96. The number of nitrogens with one attached hydrogen (secondary N) is 1. The van der Waals surface area contributed by atoms with Crippen molar-refractivity contribution in [2.45, 2.75) is 19.9 Å². The number of carbonyl (C=O) groups excluding carboxylic acids is 3. The van der Waals surface area contributed by atoms with Crippen LogP contribution in [0.2, 0.25) is 0 Å². The van der Waals surface area contributed by atoms with Crippen LogP contribution >= 0.6 is 0 Å². The number of nitrogens with zero attached hydrogens (tertiary/aromatic N) is 1. The first kappa shape index (κ1) is 19.3. The lowest BCUT2D eigenvalue weighted by molar-refractivity contribution is -0.114. The molecule has 170 valence electrons. The van der Waals surface area contributed by atoms with Gasteiger partial charge >= 0.3 is 0 Å². The lowest BCUT2D eigenvalue weighted by Crippen LogP contribution is -2.37. The maximum atomic E-state index is 13.5. The molecule has 10 heteroatoms. The zero-order valence-electron chi connectivity index (χ0n) is 20.9. The van der Waals surface area contributed by atoms with E-state index in [2.05, 4.69) is 5.32 Å². The monoisotopic (exact) mass is 463 g/mol. The molecule has 0 aliphatic carbocycles. The number of hydrogen-bond acceptors (Lipinski definition) is 7. The number of anilines is 1. The van der Waals surface area contributed by atoms with Crippen LogP contribution in [0.25, 0.3) is 0 Å². The van der Waals surface area contributed by atoms with Crippen LogP contribution in [0.15, 0.2) is 36.4 Å². The molecule has 0 spiro atoms. The van der Waals surface area contributed by atoms with Gasteiger partial charge in [0.2, 0.25) is 5.91 Å². The van der Waals surface area contributed by atoms with Crippen molar-refractivity contribution in [1.29, 1.82) is 0 Å². The summed E-state index contributed by atoms with van der Waals surface area (Å²) in [6, 6.07) is 5.53. The van der Waals surface area contributed by atoms with Crippen molar-refractivity contribution < 1.29 is 36.4 Å². The number of methoxy groups -OCH3 is 1. The summed E-state index contributed by atoms with van der Waals surface area (Å²) in [6.45, 7) is 0.204. The second-order valence-corrected chi connectivity index (χ2v) is 9.18. The maximum absolute atomic E-state index is 13.5. The van der Waals surface area contributed by atoms with Gasteiger partial charge in [0.15, 0.2) is 11.5 Å². The van der Waals surface area contributed by atoms with Crippen molar-refractivity contribution in [2.24, 2.45) is 0 Å². The summed E-state index contributed by atoms with van der Waals surface area (Å²) in [6.07, 6.45) is 0.864. The first-order valence-corrected chi connectivity index (χ1v) is 11.5. The van der Waals surface area contributed by atoms with E-state index in [1.165, 1.54) is 44.4 Å². The molecule has 32 heavy (non-hydrogen) atoms. The third kappa shape index (κ3) is 4.59. The van der Waals surface area contributed by atoms with Crippen LogP contribution in [0.5, 0.6) is 11.5 Å². The lowest BCUT2D eigenvalue weighted by atomic mass is 10.1. The zero-order valence-corrected chi connectivity index (χ0v) is 18.7. The van der Waals surface area contributed by atoms with Gasteiger partial charge in [0.1, 0.15) is 9.84 Å². The molecule has 0 bridgehead atoms. The minimum atomic E-state index is -3.94. The number of benzene rings is 2. The van der Waals surface area contributed by atoms with Gasteiger partial charge in [-0.3, -0.25) is 19.3 Å². The third-order valence-corrected chi connectivity index (χ3v) is 5.40. The predicted octanol–water partition coefficient (Wildman–Crippen LogP) is 2.43. The van der Waals surface area contributed by atoms with Crippen LogP contribution in [0.3, 0.4) is 0 Å². The van der Waals surface area contributed by atoms with Crippen molar-refractivity contribution in [3.05, 3.63) is 53.1 Å². The summed E-state index contributed by atoms with van der Waals surface area (Å²) in [7, 11) is -2.63. The van der Waals surface area contributed by atoms with E-state index >= 15 is 0 Å². The number of ether oxygens (including phenoxy) is 2. The van der Waals surface area contributed by atoms with E-state index < -0.39 is 45.9 Å². The van der Waals surface area contributed by atoms with Crippen molar-refractivity contribution >= 4 is 33.2 Å². The van der Waals surface area contributed by atoms with Gasteiger partial charge in [0.05, 0.1) is 46.4 Å². The first-order chi connectivity index (χ1) is 16.1. The third-order valence-electron chi connectivity index (χ3n) is 4.60. The Balaban J connectivity index is 2.22. The molecule has 0 radical (unpaired) electrons. The Morgan fingerprint density at radius 2 is 1.94 bits per heavy atom. The van der Waals surface area contributed by atoms with Gasteiger partial charge in [-0.05, 0) is 36.8 Å². The summed E-state index contributed by atoms with van der Waals surface area (Å²) in [5, 5.41) is 2.47. The largest absolute Gasteiger partial charge is 0.493 e. The molecule has 9 nitrogen and oxygen atoms in total. The van der Waals surface area contributed by atoms with E-state index in [-0.39, 0.29) is 33.9 Å². The highest BCUT2D eigenvalue weighted by Crippen LogP contribution is 2.38. The smallest absolute Gasteiger partial charge is 0.264 e. The Morgan fingerprint density at radius 1 is 1.22 bits per heavy atom. The van der Waals surface area contributed by atoms with E-state index in [1.54, 1.807) is 0 Å². The van der Waals surface area contributed by atoms with Gasteiger partial charge in [-0.25, -0.2) is 8.42 Å². The molecule has 1 atom stereocenters. The van der Waals surface area contributed by atoms with Crippen molar-refractivity contribution in [1.82, 2.24) is 4.90 Å². The summed E-state index contributed by atoms with van der Waals surface area (Å²) in [5.74, 6) is -3.38. The summed E-state index contributed by atoms with van der Waals surface area (Å²) >= 11 is 0. The fraction of sp³-hybridized carbons (Fsp3) is 0.318. The van der Waals surface area contributed by atoms with E-state index in [0.29, 0.717) is 4.90 Å². The number of carbonyl (C=O) groups is 3. The van der Waals surface area contributed by atoms with Crippen molar-refractivity contribution in [3.8, 4) is 11.5 Å². The molecule has 0 aromatic heterocycles. The second-order valence-electron chi connectivity index (χ2n) is 7.04. The molecule has 1 heterocycles. The quantitative estimate of drug-likeness (QED) is 0.597. The van der Waals surface area contributed by atoms with Gasteiger partial charge in [-0.1, -0.05) is 12.1 Å². The van der Waals surface area contributed by atoms with Crippen molar-refractivity contribution in [2.75, 3.05) is 31.0 Å². The molecule has 2 aromatic rings. The molecule has 3 rings (SSSR count). The number of amides is 3. The fourth-order valence-corrected chi connectivity index (χ4v) is 4.19. The van der Waals surface area contributed by atoms with E-state index in [9.17, 15) is 22.8 Å². The van der Waals surface area contributed by atoms with E-state index in [4.69, 9.17) is 13.6 Å². The van der Waals surface area contributed by atoms with Gasteiger partial charge in [-0.2, -0.15) is 0 Å². The maximum Gasteiger partial charge on any atom is 0.264 e. The van der Waals surface area contributed by atoms with Gasteiger partial charge in [0, 0.05) is 13.2 Å². The van der Waals surface area contributed by atoms with Gasteiger partial charge in [-0.15, -0.1) is 0 Å². The second kappa shape index (κ2) is 8.99. The topological polar surface area (TPSA) is 119 Å². The first-order valence-electron chi connectivity index (χ1n) is 10.9. The average molecular weight is 464 g/mol. The minimum Gasteiger partial charge on any atom is -0.493 e. The molecule has 3 amide bonds. The van der Waals surface area contributed by atoms with Crippen LogP contribution in [0.1, 0.15) is 50.3 Å². The number of imide groups is 1. The molecule has 0 saturated heterocycles. The van der Waals surface area contributed by atoms with Crippen LogP contribution in [-0.2, 0) is 14.6 Å². The normalized spacial score (nSPS) is 17.0. The minimum absolute atomic E-state index is 0.0514. The lowest BCUT2D eigenvalue weighted by Gasteiger charge is -2.27. The molecule has 0 fully saturated rings. The molecule has 1 aliphatic heterocycles. The highest BCUT2D eigenvalue weighted by atomic mass is 32.2. The molecule has 0 saturated carbocycles. The van der Waals surface area contributed by atoms with Crippen LogP contribution in [-0.4, -0.2) is 56.7 Å². The molecule has 1 unspecified atom stereocenters. The van der Waals surface area contributed by atoms with E-state index in [0.717, 1.165) is 19.2 Å². The van der Waals surface area contributed by atoms with Crippen molar-refractivity contribution in [3.63, 3.8) is 0 Å². The van der Waals surface area contributed by atoms with Gasteiger partial charge in [0.25, 0.3) is 11.8 Å². The Kier molecular flexibility index (Phi) is 5.42. The summed E-state index contributed by atoms with van der Waals surface area (Å²) < 4.78 is 59.7. The zero-order chi connectivity index (χ0) is 26.3. The number of fused-ring (bicyclic) bond motifs is 1. The van der Waals surface area contributed by atoms with Crippen LogP contribution in [0.4, 0.5) is 5.69 Å². The highest BCUT2D eigenvalue weighted by Gasteiger charge is 2.43. The van der Waals surface area contributed by atoms with Gasteiger partial charge < -0.3 is 14.8 Å². The van der Waals surface area contributed by atoms with E-state index in [1.807, 2.05) is 0 Å². The molecule has 1 aliphatic rings. The Bertz CT molecular complexity index is 1320. The Hall–Kier alpha value is -3.40. The fourth-order valence-electron chi connectivity index (χ4n) is 3.40.